The van der Waals surface area contributed by atoms with Gasteiger partial charge in [-0.3, -0.25) is 4.98 Å². The van der Waals surface area contributed by atoms with Crippen molar-refractivity contribution in [2.75, 3.05) is 0 Å². The van der Waals surface area contributed by atoms with Crippen molar-refractivity contribution in [3.05, 3.63) is 53.7 Å². The fourth-order valence-corrected chi connectivity index (χ4v) is 2.41. The fourth-order valence-electron chi connectivity index (χ4n) is 2.41. The summed E-state index contributed by atoms with van der Waals surface area (Å²) < 4.78 is 0. The summed E-state index contributed by atoms with van der Waals surface area (Å²) in [6.45, 7) is 4.30. The Bertz CT molecular complexity index is 698. The molecule has 3 rings (SSSR count). The van der Waals surface area contributed by atoms with Crippen LogP contribution in [0.3, 0.4) is 0 Å². The summed E-state index contributed by atoms with van der Waals surface area (Å²) in [6.07, 6.45) is 0.977. The van der Waals surface area contributed by atoms with Gasteiger partial charge < -0.3 is 0 Å². The molecule has 2 aromatic carbocycles. The highest BCUT2D eigenvalue weighted by molar-refractivity contribution is 6.06. The molecule has 0 saturated heterocycles. The predicted octanol–water partition coefficient (Wildman–Crippen LogP) is 4.26. The third kappa shape index (κ3) is 1.59. The van der Waals surface area contributed by atoms with Crippen LogP contribution in [-0.4, -0.2) is 4.98 Å². The minimum absolute atomic E-state index is 0.977. The number of rotatable bonds is 1. The van der Waals surface area contributed by atoms with Gasteiger partial charge in [0.2, 0.25) is 0 Å². The zero-order valence-corrected chi connectivity index (χ0v) is 10.2. The van der Waals surface area contributed by atoms with Crippen LogP contribution in [0.1, 0.15) is 18.2 Å². The summed E-state index contributed by atoms with van der Waals surface area (Å²) in [5.74, 6) is 0. The minimum atomic E-state index is 0.977. The van der Waals surface area contributed by atoms with Crippen molar-refractivity contribution in [1.82, 2.24) is 4.98 Å². The Morgan fingerprint density at radius 3 is 2.59 bits per heavy atom. The molecule has 0 fully saturated rings. The third-order valence-corrected chi connectivity index (χ3v) is 3.27. The highest BCUT2D eigenvalue weighted by Gasteiger charge is 2.06. The van der Waals surface area contributed by atoms with Crippen molar-refractivity contribution in [1.29, 1.82) is 0 Å². The van der Waals surface area contributed by atoms with Crippen molar-refractivity contribution in [3.8, 4) is 0 Å². The van der Waals surface area contributed by atoms with Gasteiger partial charge in [0, 0.05) is 16.5 Å². The average Bonchev–Trinajstić information content (AvgIpc) is 2.37. The lowest BCUT2D eigenvalue weighted by Crippen LogP contribution is -1.92. The maximum Gasteiger partial charge on any atom is 0.0711 e. The first-order chi connectivity index (χ1) is 8.29. The highest BCUT2D eigenvalue weighted by atomic mass is 14.7. The van der Waals surface area contributed by atoms with Crippen molar-refractivity contribution in [2.45, 2.75) is 20.3 Å². The second-order valence-electron chi connectivity index (χ2n) is 4.48. The molecule has 0 spiro atoms. The molecule has 0 unspecified atom stereocenters. The van der Waals surface area contributed by atoms with Crippen molar-refractivity contribution >= 4 is 21.7 Å². The molecule has 0 atom stereocenters. The van der Waals surface area contributed by atoms with E-state index in [-0.39, 0.29) is 0 Å². The molecule has 0 bridgehead atoms. The molecule has 0 N–H and O–H groups in total. The van der Waals surface area contributed by atoms with Gasteiger partial charge in [-0.2, -0.15) is 0 Å². The van der Waals surface area contributed by atoms with Crippen LogP contribution in [0.15, 0.2) is 42.5 Å². The molecule has 0 aliphatic heterocycles. The molecule has 1 heteroatoms. The maximum absolute atomic E-state index is 4.75. The lowest BCUT2D eigenvalue weighted by Gasteiger charge is -2.08. The predicted molar refractivity (Wildman–Crippen MR) is 73.4 cm³/mol. The van der Waals surface area contributed by atoms with Gasteiger partial charge >= 0.3 is 0 Å². The van der Waals surface area contributed by atoms with Crippen LogP contribution in [-0.2, 0) is 6.42 Å². The normalized spacial score (nSPS) is 11.2. The Kier molecular flexibility index (Phi) is 2.32. The van der Waals surface area contributed by atoms with E-state index in [4.69, 9.17) is 4.98 Å². The molecule has 1 aromatic heterocycles. The quantitative estimate of drug-likeness (QED) is 0.559. The van der Waals surface area contributed by atoms with E-state index in [2.05, 4.69) is 56.3 Å². The van der Waals surface area contributed by atoms with Crippen LogP contribution in [0.2, 0.25) is 0 Å². The van der Waals surface area contributed by atoms with Crippen LogP contribution in [0.25, 0.3) is 21.7 Å². The van der Waals surface area contributed by atoms with E-state index in [0.29, 0.717) is 0 Å². The topological polar surface area (TPSA) is 12.9 Å². The van der Waals surface area contributed by atoms with E-state index in [1.54, 1.807) is 0 Å². The number of fused-ring (bicyclic) bond motifs is 3. The molecule has 3 aromatic rings. The van der Waals surface area contributed by atoms with Crippen molar-refractivity contribution in [3.63, 3.8) is 0 Å². The number of pyridine rings is 1. The minimum Gasteiger partial charge on any atom is -0.252 e. The number of hydrogen-bond donors (Lipinski definition) is 0. The summed E-state index contributed by atoms with van der Waals surface area (Å²) in [5.41, 5.74) is 3.59. The smallest absolute Gasteiger partial charge is 0.0711 e. The molecule has 0 amide bonds. The molecule has 17 heavy (non-hydrogen) atoms. The molecule has 0 aliphatic carbocycles. The third-order valence-electron chi connectivity index (χ3n) is 3.27. The van der Waals surface area contributed by atoms with Gasteiger partial charge in [0.1, 0.15) is 0 Å². The number of aromatic nitrogens is 1. The Balaban J connectivity index is 2.56. The molecular weight excluding hydrogens is 206 g/mol. The Morgan fingerprint density at radius 1 is 0.941 bits per heavy atom. The van der Waals surface area contributed by atoms with E-state index in [9.17, 15) is 0 Å². The van der Waals surface area contributed by atoms with Crippen LogP contribution in [0.5, 0.6) is 0 Å². The summed E-state index contributed by atoms with van der Waals surface area (Å²) in [4.78, 5) is 4.75. The zero-order valence-electron chi connectivity index (χ0n) is 10.2. The van der Waals surface area contributed by atoms with Crippen molar-refractivity contribution < 1.29 is 0 Å². The number of aryl methyl sites for hydroxylation is 2. The number of benzene rings is 2. The Morgan fingerprint density at radius 2 is 1.76 bits per heavy atom. The van der Waals surface area contributed by atoms with E-state index < -0.39 is 0 Å². The number of nitrogens with zero attached hydrogens (tertiary/aromatic N) is 1. The lowest BCUT2D eigenvalue weighted by atomic mass is 10.0. The molecule has 84 valence electrons. The first-order valence-electron chi connectivity index (χ1n) is 6.07. The van der Waals surface area contributed by atoms with Gasteiger partial charge in [0.15, 0.2) is 0 Å². The van der Waals surface area contributed by atoms with Crippen molar-refractivity contribution in [2.24, 2.45) is 0 Å². The summed E-state index contributed by atoms with van der Waals surface area (Å²) in [7, 11) is 0. The standard InChI is InChI=1S/C16H15N/c1-3-15-13-9-8-11(2)10-14(13)12-6-4-5-7-16(12)17-15/h4-10H,3H2,1-2H3. The van der Waals surface area contributed by atoms with Gasteiger partial charge in [0.25, 0.3) is 0 Å². The van der Waals surface area contributed by atoms with E-state index in [0.717, 1.165) is 11.9 Å². The van der Waals surface area contributed by atoms with Crippen LogP contribution in [0.4, 0.5) is 0 Å². The number of hydrogen-bond acceptors (Lipinski definition) is 1. The second-order valence-corrected chi connectivity index (χ2v) is 4.48. The largest absolute Gasteiger partial charge is 0.252 e. The maximum atomic E-state index is 4.75. The number of para-hydroxylation sites is 1. The second kappa shape index (κ2) is 3.85. The summed E-state index contributed by atoms with van der Waals surface area (Å²) in [6, 6.07) is 15.0. The Labute approximate surface area is 101 Å². The van der Waals surface area contributed by atoms with Crippen LogP contribution < -0.4 is 0 Å². The molecular formula is C16H15N. The molecule has 1 nitrogen and oxygen atoms in total. The monoisotopic (exact) mass is 221 g/mol. The van der Waals surface area contributed by atoms with Gasteiger partial charge in [0.05, 0.1) is 5.52 Å². The van der Waals surface area contributed by atoms with E-state index in [1.807, 2.05) is 0 Å². The van der Waals surface area contributed by atoms with Gasteiger partial charge in [-0.05, 0) is 24.8 Å². The van der Waals surface area contributed by atoms with E-state index >= 15 is 0 Å². The van der Waals surface area contributed by atoms with Crippen LogP contribution in [0, 0.1) is 6.92 Å². The first-order valence-corrected chi connectivity index (χ1v) is 6.07. The van der Waals surface area contributed by atoms with Gasteiger partial charge in [-0.15, -0.1) is 0 Å². The summed E-state index contributed by atoms with van der Waals surface area (Å²) >= 11 is 0. The SMILES string of the molecule is CCc1nc2ccccc2c2cc(C)ccc12. The molecule has 1 heterocycles. The molecule has 0 saturated carbocycles. The van der Waals surface area contributed by atoms with Gasteiger partial charge in [-0.1, -0.05) is 48.9 Å². The van der Waals surface area contributed by atoms with Gasteiger partial charge in [-0.25, -0.2) is 0 Å². The summed E-state index contributed by atoms with van der Waals surface area (Å²) in [5, 5.41) is 3.87. The lowest BCUT2D eigenvalue weighted by molar-refractivity contribution is 1.08. The zero-order chi connectivity index (χ0) is 11.8. The first kappa shape index (κ1) is 10.3. The average molecular weight is 221 g/mol. The Hall–Kier alpha value is -1.89. The van der Waals surface area contributed by atoms with E-state index in [1.165, 1.54) is 27.4 Å². The molecule has 0 radical (unpaired) electrons. The molecule has 0 aliphatic rings. The van der Waals surface area contributed by atoms with Crippen LogP contribution >= 0.6 is 0 Å². The fraction of sp³-hybridized carbons (Fsp3) is 0.188. The highest BCUT2D eigenvalue weighted by Crippen LogP contribution is 2.27.